The fraction of sp³-hybridized carbons (Fsp3) is 0.412. The molecule has 0 atom stereocenters. The van der Waals surface area contributed by atoms with E-state index in [9.17, 15) is 0 Å². The first-order chi connectivity index (χ1) is 9.24. The van der Waals surface area contributed by atoms with Crippen molar-refractivity contribution in [3.8, 4) is 0 Å². The number of hydrogen-bond acceptors (Lipinski definition) is 0. The van der Waals surface area contributed by atoms with Crippen LogP contribution in [0, 0.1) is 0 Å². The summed E-state index contributed by atoms with van der Waals surface area (Å²) >= 11 is 6.11. The molecule has 2 aromatic carbocycles. The van der Waals surface area contributed by atoms with E-state index in [4.69, 9.17) is 11.6 Å². The van der Waals surface area contributed by atoms with Crippen molar-refractivity contribution in [1.29, 1.82) is 0 Å². The lowest BCUT2D eigenvalue weighted by molar-refractivity contribution is -0.951. The summed E-state index contributed by atoms with van der Waals surface area (Å²) in [6, 6.07) is 11.0. The van der Waals surface area contributed by atoms with E-state index in [1.165, 1.54) is 60.7 Å². The number of halogens is 1. The van der Waals surface area contributed by atoms with Gasteiger partial charge in [-0.05, 0) is 54.3 Å². The molecule has 19 heavy (non-hydrogen) atoms. The molecule has 2 aromatic rings. The van der Waals surface area contributed by atoms with Gasteiger partial charge in [0.05, 0.1) is 13.1 Å². The van der Waals surface area contributed by atoms with Crippen LogP contribution in [0.4, 0.5) is 0 Å². The van der Waals surface area contributed by atoms with Gasteiger partial charge in [0, 0.05) is 16.1 Å². The second-order valence-electron chi connectivity index (χ2n) is 6.28. The van der Waals surface area contributed by atoms with Crippen molar-refractivity contribution >= 4 is 22.4 Å². The van der Waals surface area contributed by atoms with E-state index in [2.05, 4.69) is 24.3 Å². The van der Waals surface area contributed by atoms with Crippen molar-refractivity contribution < 1.29 is 4.48 Å². The Hall–Kier alpha value is -1.05. The minimum atomic E-state index is 0.840. The van der Waals surface area contributed by atoms with Crippen LogP contribution in [-0.4, -0.2) is 17.6 Å². The SMILES string of the molecule is Clc1ccc2cc3c(cc2c1)C[N+]1(CCCCC1)C3. The molecule has 0 amide bonds. The van der Waals surface area contributed by atoms with E-state index < -0.39 is 0 Å². The molecule has 0 N–H and O–H groups in total. The van der Waals surface area contributed by atoms with Crippen LogP contribution in [0.15, 0.2) is 30.3 Å². The Morgan fingerprint density at radius 1 is 0.789 bits per heavy atom. The molecule has 1 saturated heterocycles. The average molecular weight is 273 g/mol. The van der Waals surface area contributed by atoms with E-state index in [1.54, 1.807) is 11.1 Å². The maximum Gasteiger partial charge on any atom is 0.105 e. The second kappa shape index (κ2) is 4.22. The number of quaternary nitrogens is 1. The Balaban J connectivity index is 1.78. The average Bonchev–Trinajstić information content (AvgIpc) is 2.73. The van der Waals surface area contributed by atoms with Crippen molar-refractivity contribution in [1.82, 2.24) is 0 Å². The van der Waals surface area contributed by atoms with Crippen LogP contribution in [-0.2, 0) is 13.1 Å². The van der Waals surface area contributed by atoms with Gasteiger partial charge in [0.25, 0.3) is 0 Å². The third-order valence-corrected chi connectivity index (χ3v) is 5.13. The summed E-state index contributed by atoms with van der Waals surface area (Å²) < 4.78 is 1.30. The number of fused-ring (bicyclic) bond motifs is 2. The summed E-state index contributed by atoms with van der Waals surface area (Å²) in [5.74, 6) is 0. The Kier molecular flexibility index (Phi) is 2.61. The Bertz CT molecular complexity index is 641. The van der Waals surface area contributed by atoms with Gasteiger partial charge in [0.1, 0.15) is 13.1 Å². The highest BCUT2D eigenvalue weighted by Crippen LogP contribution is 2.36. The van der Waals surface area contributed by atoms with Crippen LogP contribution in [0.1, 0.15) is 30.4 Å². The largest absolute Gasteiger partial charge is 0.316 e. The zero-order valence-electron chi connectivity index (χ0n) is 11.2. The summed E-state index contributed by atoms with van der Waals surface area (Å²) in [6.45, 7) is 5.21. The van der Waals surface area contributed by atoms with Gasteiger partial charge in [0.15, 0.2) is 0 Å². The molecule has 1 fully saturated rings. The molecule has 2 aliphatic heterocycles. The van der Waals surface area contributed by atoms with Gasteiger partial charge in [-0.1, -0.05) is 17.7 Å². The van der Waals surface area contributed by atoms with E-state index in [0.717, 1.165) is 5.02 Å². The fourth-order valence-corrected chi connectivity index (χ4v) is 4.12. The highest BCUT2D eigenvalue weighted by Gasteiger charge is 2.36. The van der Waals surface area contributed by atoms with Gasteiger partial charge in [-0.3, -0.25) is 0 Å². The predicted molar refractivity (Wildman–Crippen MR) is 80.2 cm³/mol. The molecular formula is C17H19ClN+. The van der Waals surface area contributed by atoms with Gasteiger partial charge >= 0.3 is 0 Å². The lowest BCUT2D eigenvalue weighted by Crippen LogP contribution is -2.46. The van der Waals surface area contributed by atoms with E-state index in [1.807, 2.05) is 6.07 Å². The number of piperidine rings is 1. The third-order valence-electron chi connectivity index (χ3n) is 4.90. The van der Waals surface area contributed by atoms with Gasteiger partial charge in [0.2, 0.25) is 0 Å². The molecule has 0 aliphatic carbocycles. The Labute approximate surface area is 119 Å². The second-order valence-corrected chi connectivity index (χ2v) is 6.71. The fourth-order valence-electron chi connectivity index (χ4n) is 3.94. The first-order valence-corrected chi connectivity index (χ1v) is 7.68. The number of hydrogen-bond donors (Lipinski definition) is 0. The molecule has 0 unspecified atom stereocenters. The lowest BCUT2D eigenvalue weighted by Gasteiger charge is -2.37. The molecule has 0 saturated carbocycles. The first kappa shape index (κ1) is 11.7. The maximum atomic E-state index is 6.11. The van der Waals surface area contributed by atoms with Gasteiger partial charge in [-0.25, -0.2) is 0 Å². The minimum absolute atomic E-state index is 0.840. The number of nitrogens with zero attached hydrogens (tertiary/aromatic N) is 1. The zero-order chi connectivity index (χ0) is 12.9. The summed E-state index contributed by atoms with van der Waals surface area (Å²) in [4.78, 5) is 0. The van der Waals surface area contributed by atoms with Gasteiger partial charge in [-0.2, -0.15) is 0 Å². The first-order valence-electron chi connectivity index (χ1n) is 7.30. The van der Waals surface area contributed by atoms with Crippen molar-refractivity contribution in [2.45, 2.75) is 32.4 Å². The zero-order valence-corrected chi connectivity index (χ0v) is 11.9. The quantitative estimate of drug-likeness (QED) is 0.619. The van der Waals surface area contributed by atoms with Crippen molar-refractivity contribution in [2.75, 3.05) is 13.1 Å². The van der Waals surface area contributed by atoms with Crippen LogP contribution in [0.25, 0.3) is 10.8 Å². The molecule has 0 radical (unpaired) electrons. The Morgan fingerprint density at radius 3 is 2.21 bits per heavy atom. The third kappa shape index (κ3) is 1.96. The van der Waals surface area contributed by atoms with E-state index in [-0.39, 0.29) is 0 Å². The molecule has 2 aliphatic rings. The molecule has 2 heterocycles. The standard InChI is InChI=1S/C17H19ClN/c18-17-5-4-13-8-15-11-19(6-2-1-3-7-19)12-16(15)9-14(13)10-17/h4-5,8-10H,1-3,6-7,11-12H2/q+1. The molecule has 1 spiro atoms. The summed E-state index contributed by atoms with van der Waals surface area (Å²) in [5, 5.41) is 3.47. The lowest BCUT2D eigenvalue weighted by atomic mass is 10.0. The smallest absolute Gasteiger partial charge is 0.105 e. The molecule has 98 valence electrons. The summed E-state index contributed by atoms with van der Waals surface area (Å²) in [7, 11) is 0. The monoisotopic (exact) mass is 272 g/mol. The molecule has 0 bridgehead atoms. The molecular weight excluding hydrogens is 254 g/mol. The highest BCUT2D eigenvalue weighted by atomic mass is 35.5. The topological polar surface area (TPSA) is 0 Å². The molecule has 4 rings (SSSR count). The van der Waals surface area contributed by atoms with Crippen LogP contribution < -0.4 is 0 Å². The number of rotatable bonds is 0. The normalized spacial score (nSPS) is 20.9. The van der Waals surface area contributed by atoms with Crippen LogP contribution in [0.3, 0.4) is 0 Å². The van der Waals surface area contributed by atoms with Crippen molar-refractivity contribution in [3.05, 3.63) is 46.5 Å². The summed E-state index contributed by atoms with van der Waals surface area (Å²) in [6.07, 6.45) is 4.23. The van der Waals surface area contributed by atoms with Gasteiger partial charge < -0.3 is 4.48 Å². The highest BCUT2D eigenvalue weighted by molar-refractivity contribution is 6.31. The van der Waals surface area contributed by atoms with Gasteiger partial charge in [-0.15, -0.1) is 0 Å². The van der Waals surface area contributed by atoms with Crippen LogP contribution in [0.5, 0.6) is 0 Å². The van der Waals surface area contributed by atoms with E-state index in [0.29, 0.717) is 0 Å². The molecule has 2 heteroatoms. The van der Waals surface area contributed by atoms with Crippen molar-refractivity contribution in [3.63, 3.8) is 0 Å². The summed E-state index contributed by atoms with van der Waals surface area (Å²) in [5.41, 5.74) is 3.12. The number of benzene rings is 2. The van der Waals surface area contributed by atoms with Crippen molar-refractivity contribution in [2.24, 2.45) is 0 Å². The Morgan fingerprint density at radius 2 is 1.47 bits per heavy atom. The minimum Gasteiger partial charge on any atom is -0.316 e. The predicted octanol–water partition coefficient (Wildman–Crippen LogP) is 4.51. The van der Waals surface area contributed by atoms with Crippen LogP contribution >= 0.6 is 11.6 Å². The van der Waals surface area contributed by atoms with Crippen LogP contribution in [0.2, 0.25) is 5.02 Å². The molecule has 1 nitrogen and oxygen atoms in total. The molecule has 0 aromatic heterocycles. The maximum absolute atomic E-state index is 6.11. The van der Waals surface area contributed by atoms with E-state index >= 15 is 0 Å².